The molecule has 0 bridgehead atoms. The van der Waals surface area contributed by atoms with Crippen LogP contribution in [0.1, 0.15) is 5.82 Å². The van der Waals surface area contributed by atoms with Crippen LogP contribution in [0.2, 0.25) is 0 Å². The average Bonchev–Trinajstić information content (AvgIpc) is 2.30. The Morgan fingerprint density at radius 2 is 2.06 bits per heavy atom. The highest BCUT2D eigenvalue weighted by atomic mass is 79.9. The van der Waals surface area contributed by atoms with Gasteiger partial charge in [0.25, 0.3) is 0 Å². The molecule has 16 heavy (non-hydrogen) atoms. The van der Waals surface area contributed by atoms with Gasteiger partial charge in [-0.05, 0) is 12.6 Å². The summed E-state index contributed by atoms with van der Waals surface area (Å²) < 4.78 is 0.995. The van der Waals surface area contributed by atoms with Crippen molar-refractivity contribution in [2.75, 3.05) is 6.54 Å². The summed E-state index contributed by atoms with van der Waals surface area (Å²) in [7, 11) is 0. The highest BCUT2D eigenvalue weighted by Gasteiger charge is 2.05. The van der Waals surface area contributed by atoms with Crippen LogP contribution < -0.4 is 5.73 Å². The Balaban J connectivity index is 2.40. The van der Waals surface area contributed by atoms with E-state index in [9.17, 15) is 0 Å². The molecule has 0 saturated heterocycles. The minimum atomic E-state index is 0.529. The maximum atomic E-state index is 5.46. The summed E-state index contributed by atoms with van der Waals surface area (Å²) in [5, 5.41) is 7.86. The molecule has 1 aromatic carbocycles. The van der Waals surface area contributed by atoms with Crippen LogP contribution in [0.4, 0.5) is 0 Å². The van der Waals surface area contributed by atoms with Crippen LogP contribution in [-0.4, -0.2) is 21.7 Å². The zero-order valence-electron chi connectivity index (χ0n) is 8.60. The summed E-state index contributed by atoms with van der Waals surface area (Å²) in [4.78, 5) is 4.41. The fourth-order valence-electron chi connectivity index (χ4n) is 1.37. The van der Waals surface area contributed by atoms with Gasteiger partial charge in [0, 0.05) is 16.5 Å². The molecule has 0 aliphatic heterocycles. The molecule has 1 aromatic heterocycles. The van der Waals surface area contributed by atoms with Gasteiger partial charge in [0.05, 0.1) is 11.9 Å². The first-order valence-corrected chi connectivity index (χ1v) is 5.74. The van der Waals surface area contributed by atoms with E-state index in [1.54, 1.807) is 6.20 Å². The maximum absolute atomic E-state index is 5.46. The van der Waals surface area contributed by atoms with Crippen LogP contribution in [0.25, 0.3) is 11.3 Å². The highest BCUT2D eigenvalue weighted by Crippen LogP contribution is 2.25. The van der Waals surface area contributed by atoms with Crippen molar-refractivity contribution in [3.8, 4) is 11.3 Å². The molecule has 0 atom stereocenters. The SMILES string of the molecule is NCCc1nncc(-c2ccccc2Br)n1. The topological polar surface area (TPSA) is 64.7 Å². The van der Waals surface area contributed by atoms with Gasteiger partial charge in [-0.15, -0.1) is 5.10 Å². The predicted molar refractivity (Wildman–Crippen MR) is 65.7 cm³/mol. The van der Waals surface area contributed by atoms with E-state index in [1.165, 1.54) is 0 Å². The van der Waals surface area contributed by atoms with Crippen molar-refractivity contribution < 1.29 is 0 Å². The molecule has 0 amide bonds. The van der Waals surface area contributed by atoms with Crippen LogP contribution in [-0.2, 0) is 6.42 Å². The first-order valence-electron chi connectivity index (χ1n) is 4.95. The summed E-state index contributed by atoms with van der Waals surface area (Å²) in [5.41, 5.74) is 7.28. The van der Waals surface area contributed by atoms with Gasteiger partial charge < -0.3 is 5.73 Å². The van der Waals surface area contributed by atoms with Crippen LogP contribution in [0.15, 0.2) is 34.9 Å². The largest absolute Gasteiger partial charge is 0.330 e. The number of nitrogens with zero attached hydrogens (tertiary/aromatic N) is 3. The lowest BCUT2D eigenvalue weighted by molar-refractivity contribution is 0.812. The van der Waals surface area contributed by atoms with Crippen molar-refractivity contribution in [2.24, 2.45) is 5.73 Å². The van der Waals surface area contributed by atoms with E-state index >= 15 is 0 Å². The molecule has 4 nitrogen and oxygen atoms in total. The number of hydrogen-bond donors (Lipinski definition) is 1. The number of aromatic nitrogens is 3. The standard InChI is InChI=1S/C11H11BrN4/c12-9-4-2-1-3-8(9)10-7-14-16-11(15-10)5-6-13/h1-4,7H,5-6,13H2. The highest BCUT2D eigenvalue weighted by molar-refractivity contribution is 9.10. The summed E-state index contributed by atoms with van der Waals surface area (Å²) in [6.07, 6.45) is 2.30. The first-order chi connectivity index (χ1) is 7.81. The summed E-state index contributed by atoms with van der Waals surface area (Å²) in [5.74, 6) is 0.677. The van der Waals surface area contributed by atoms with E-state index in [2.05, 4.69) is 31.1 Å². The zero-order chi connectivity index (χ0) is 11.4. The number of halogens is 1. The quantitative estimate of drug-likeness (QED) is 0.930. The fraction of sp³-hybridized carbons (Fsp3) is 0.182. The maximum Gasteiger partial charge on any atom is 0.152 e. The molecule has 2 rings (SSSR count). The van der Waals surface area contributed by atoms with Gasteiger partial charge in [-0.25, -0.2) is 4.98 Å². The molecular formula is C11H11BrN4. The third-order valence-corrected chi connectivity index (χ3v) is 2.81. The molecule has 0 aliphatic rings. The average molecular weight is 279 g/mol. The number of benzene rings is 1. The normalized spacial score (nSPS) is 10.4. The van der Waals surface area contributed by atoms with Crippen molar-refractivity contribution >= 4 is 15.9 Å². The van der Waals surface area contributed by atoms with Gasteiger partial charge in [0.15, 0.2) is 5.82 Å². The Bertz CT molecular complexity index is 487. The Morgan fingerprint density at radius 3 is 2.81 bits per heavy atom. The fourth-order valence-corrected chi connectivity index (χ4v) is 1.86. The molecule has 0 spiro atoms. The van der Waals surface area contributed by atoms with Gasteiger partial charge in [0.1, 0.15) is 0 Å². The molecule has 1 heterocycles. The number of rotatable bonds is 3. The van der Waals surface area contributed by atoms with Crippen LogP contribution >= 0.6 is 15.9 Å². The van der Waals surface area contributed by atoms with E-state index in [4.69, 9.17) is 5.73 Å². The Hall–Kier alpha value is -1.33. The van der Waals surface area contributed by atoms with Crippen molar-refractivity contribution in [1.82, 2.24) is 15.2 Å². The molecule has 0 fully saturated rings. The second-order valence-electron chi connectivity index (χ2n) is 3.28. The second-order valence-corrected chi connectivity index (χ2v) is 4.13. The lowest BCUT2D eigenvalue weighted by Crippen LogP contribution is -2.07. The summed E-state index contributed by atoms with van der Waals surface area (Å²) in [6.45, 7) is 0.529. The monoisotopic (exact) mass is 278 g/mol. The Kier molecular flexibility index (Phi) is 3.58. The smallest absolute Gasteiger partial charge is 0.152 e. The zero-order valence-corrected chi connectivity index (χ0v) is 10.2. The van der Waals surface area contributed by atoms with E-state index in [-0.39, 0.29) is 0 Å². The van der Waals surface area contributed by atoms with Crippen molar-refractivity contribution in [3.63, 3.8) is 0 Å². The van der Waals surface area contributed by atoms with Gasteiger partial charge in [-0.3, -0.25) is 0 Å². The molecule has 5 heteroatoms. The first kappa shape index (κ1) is 11.2. The third kappa shape index (κ3) is 2.43. The Morgan fingerprint density at radius 1 is 1.25 bits per heavy atom. The Labute approximate surface area is 102 Å². The van der Waals surface area contributed by atoms with Gasteiger partial charge in [-0.2, -0.15) is 5.10 Å². The lowest BCUT2D eigenvalue weighted by atomic mass is 10.2. The van der Waals surface area contributed by atoms with Crippen molar-refractivity contribution in [3.05, 3.63) is 40.8 Å². The molecular weight excluding hydrogens is 268 g/mol. The molecule has 0 radical (unpaired) electrons. The molecule has 2 N–H and O–H groups in total. The van der Waals surface area contributed by atoms with E-state index in [0.29, 0.717) is 18.8 Å². The molecule has 0 aliphatic carbocycles. The van der Waals surface area contributed by atoms with Crippen molar-refractivity contribution in [1.29, 1.82) is 0 Å². The van der Waals surface area contributed by atoms with Gasteiger partial charge >= 0.3 is 0 Å². The van der Waals surface area contributed by atoms with E-state index < -0.39 is 0 Å². The third-order valence-electron chi connectivity index (χ3n) is 2.12. The van der Waals surface area contributed by atoms with E-state index in [1.807, 2.05) is 24.3 Å². The summed E-state index contributed by atoms with van der Waals surface area (Å²) in [6, 6.07) is 7.88. The number of hydrogen-bond acceptors (Lipinski definition) is 4. The molecule has 0 unspecified atom stereocenters. The van der Waals surface area contributed by atoms with Crippen LogP contribution in [0.5, 0.6) is 0 Å². The van der Waals surface area contributed by atoms with E-state index in [0.717, 1.165) is 15.7 Å². The van der Waals surface area contributed by atoms with Crippen LogP contribution in [0, 0.1) is 0 Å². The molecule has 82 valence electrons. The predicted octanol–water partition coefficient (Wildman–Crippen LogP) is 1.80. The number of nitrogens with two attached hydrogens (primary N) is 1. The molecule has 0 saturated carbocycles. The van der Waals surface area contributed by atoms with Crippen molar-refractivity contribution in [2.45, 2.75) is 6.42 Å². The second kappa shape index (κ2) is 5.14. The molecule has 2 aromatic rings. The van der Waals surface area contributed by atoms with Gasteiger partial charge in [-0.1, -0.05) is 34.1 Å². The summed E-state index contributed by atoms with van der Waals surface area (Å²) >= 11 is 3.48. The minimum Gasteiger partial charge on any atom is -0.330 e. The lowest BCUT2D eigenvalue weighted by Gasteiger charge is -2.03. The minimum absolute atomic E-state index is 0.529. The van der Waals surface area contributed by atoms with Crippen LogP contribution in [0.3, 0.4) is 0 Å². The van der Waals surface area contributed by atoms with Gasteiger partial charge in [0.2, 0.25) is 0 Å².